The van der Waals surface area contributed by atoms with Crippen molar-refractivity contribution >= 4 is 11.8 Å². The maximum absolute atomic E-state index is 12.0. The Morgan fingerprint density at radius 2 is 2.17 bits per heavy atom. The van der Waals surface area contributed by atoms with Gasteiger partial charge in [0.15, 0.2) is 0 Å². The molecule has 1 aliphatic heterocycles. The largest absolute Gasteiger partial charge is 0.396 e. The smallest absolute Gasteiger partial charge is 0.225 e. The molecule has 0 aromatic rings. The molecule has 0 bridgehead atoms. The van der Waals surface area contributed by atoms with E-state index in [1.165, 1.54) is 0 Å². The summed E-state index contributed by atoms with van der Waals surface area (Å²) in [6.45, 7) is 1.18. The summed E-state index contributed by atoms with van der Waals surface area (Å²) in [5, 5.41) is 12.4. The van der Waals surface area contributed by atoms with Gasteiger partial charge >= 0.3 is 0 Å². The van der Waals surface area contributed by atoms with Crippen molar-refractivity contribution in [1.29, 1.82) is 0 Å². The first-order valence-corrected chi connectivity index (χ1v) is 6.69. The van der Waals surface area contributed by atoms with E-state index < -0.39 is 0 Å². The zero-order valence-corrected chi connectivity index (χ0v) is 10.9. The van der Waals surface area contributed by atoms with Gasteiger partial charge in [0, 0.05) is 32.0 Å². The highest BCUT2D eigenvalue weighted by Gasteiger charge is 2.36. The second-order valence-corrected chi connectivity index (χ2v) is 5.76. The number of aliphatic hydroxyl groups is 1. The van der Waals surface area contributed by atoms with Gasteiger partial charge in [0.05, 0.1) is 12.5 Å². The molecule has 1 unspecified atom stereocenters. The minimum absolute atomic E-state index is 0.0351. The quantitative estimate of drug-likeness (QED) is 0.749. The van der Waals surface area contributed by atoms with Gasteiger partial charge in [-0.05, 0) is 12.8 Å². The van der Waals surface area contributed by atoms with Crippen molar-refractivity contribution in [3.8, 4) is 0 Å². The van der Waals surface area contributed by atoms with Gasteiger partial charge in [-0.2, -0.15) is 0 Å². The van der Waals surface area contributed by atoms with Gasteiger partial charge in [0.2, 0.25) is 11.8 Å². The van der Waals surface area contributed by atoms with E-state index in [-0.39, 0.29) is 29.8 Å². The minimum Gasteiger partial charge on any atom is -0.396 e. The maximum Gasteiger partial charge on any atom is 0.225 e. The van der Waals surface area contributed by atoms with Crippen LogP contribution >= 0.6 is 0 Å². The molecule has 5 nitrogen and oxygen atoms in total. The first kappa shape index (κ1) is 13.3. The number of nitrogens with one attached hydrogen (secondary N) is 1. The molecule has 2 aliphatic rings. The van der Waals surface area contributed by atoms with E-state index in [0.29, 0.717) is 19.5 Å². The predicted octanol–water partition coefficient (Wildman–Crippen LogP) is 0.134. The predicted molar refractivity (Wildman–Crippen MR) is 66.7 cm³/mol. The van der Waals surface area contributed by atoms with Crippen LogP contribution in [0.1, 0.15) is 32.1 Å². The van der Waals surface area contributed by atoms with Gasteiger partial charge in [-0.3, -0.25) is 9.59 Å². The highest BCUT2D eigenvalue weighted by Crippen LogP contribution is 2.37. The van der Waals surface area contributed by atoms with Gasteiger partial charge in [-0.25, -0.2) is 0 Å². The van der Waals surface area contributed by atoms with E-state index in [1.54, 1.807) is 11.9 Å². The fraction of sp³-hybridized carbons (Fsp3) is 0.846. The van der Waals surface area contributed by atoms with Crippen molar-refractivity contribution in [3.05, 3.63) is 0 Å². The van der Waals surface area contributed by atoms with Crippen LogP contribution < -0.4 is 5.32 Å². The van der Waals surface area contributed by atoms with Gasteiger partial charge in [-0.15, -0.1) is 0 Å². The van der Waals surface area contributed by atoms with Crippen molar-refractivity contribution in [2.75, 3.05) is 26.7 Å². The number of amides is 2. The molecule has 1 heterocycles. The first-order valence-electron chi connectivity index (χ1n) is 6.69. The Morgan fingerprint density at radius 3 is 2.67 bits per heavy atom. The molecule has 1 saturated heterocycles. The zero-order valence-electron chi connectivity index (χ0n) is 10.9. The first-order chi connectivity index (χ1) is 8.56. The van der Waals surface area contributed by atoms with Crippen LogP contribution in [0.5, 0.6) is 0 Å². The topological polar surface area (TPSA) is 69.6 Å². The Kier molecular flexibility index (Phi) is 3.90. The van der Waals surface area contributed by atoms with Crippen LogP contribution in [0.3, 0.4) is 0 Å². The van der Waals surface area contributed by atoms with Gasteiger partial charge in [0.25, 0.3) is 0 Å². The van der Waals surface area contributed by atoms with Crippen LogP contribution in [0.15, 0.2) is 0 Å². The number of carbonyl (C=O) groups excluding carboxylic acids is 2. The second-order valence-electron chi connectivity index (χ2n) is 5.76. The maximum atomic E-state index is 12.0. The number of likely N-dealkylation sites (tertiary alicyclic amines) is 1. The standard InChI is InChI=1S/C13H22N2O3/c1-15-7-10(6-11(15)17)12(18)14-8-13(9-16)4-2-3-5-13/h10,16H,2-9H2,1H3,(H,14,18). The summed E-state index contributed by atoms with van der Waals surface area (Å²) in [4.78, 5) is 25.0. The average Bonchev–Trinajstić information content (AvgIpc) is 2.95. The summed E-state index contributed by atoms with van der Waals surface area (Å²) in [5.41, 5.74) is -0.121. The summed E-state index contributed by atoms with van der Waals surface area (Å²) >= 11 is 0. The fourth-order valence-corrected chi connectivity index (χ4v) is 2.97. The number of hydrogen-bond acceptors (Lipinski definition) is 3. The minimum atomic E-state index is -0.223. The number of nitrogens with zero attached hydrogens (tertiary/aromatic N) is 1. The van der Waals surface area contributed by atoms with E-state index in [0.717, 1.165) is 25.7 Å². The SMILES string of the molecule is CN1CC(C(=O)NCC2(CO)CCCC2)CC1=O. The number of carbonyl (C=O) groups is 2. The third-order valence-electron chi connectivity index (χ3n) is 4.35. The van der Waals surface area contributed by atoms with E-state index in [9.17, 15) is 14.7 Å². The van der Waals surface area contributed by atoms with Crippen LogP contribution in [0.4, 0.5) is 0 Å². The normalized spacial score (nSPS) is 26.7. The third kappa shape index (κ3) is 2.66. The highest BCUT2D eigenvalue weighted by molar-refractivity contribution is 5.89. The van der Waals surface area contributed by atoms with Crippen molar-refractivity contribution in [1.82, 2.24) is 10.2 Å². The summed E-state index contributed by atoms with van der Waals surface area (Å²) in [5.74, 6) is -0.236. The van der Waals surface area contributed by atoms with Crippen LogP contribution in [-0.4, -0.2) is 48.6 Å². The van der Waals surface area contributed by atoms with E-state index in [4.69, 9.17) is 0 Å². The molecule has 2 N–H and O–H groups in total. The second kappa shape index (κ2) is 5.26. The monoisotopic (exact) mass is 254 g/mol. The molecular weight excluding hydrogens is 232 g/mol. The molecule has 0 aromatic heterocycles. The molecule has 1 atom stereocenters. The lowest BCUT2D eigenvalue weighted by Crippen LogP contribution is -2.41. The molecule has 1 aliphatic carbocycles. The summed E-state index contributed by atoms with van der Waals surface area (Å²) in [7, 11) is 1.72. The van der Waals surface area contributed by atoms with Crippen LogP contribution in [0.2, 0.25) is 0 Å². The summed E-state index contributed by atoms with van der Waals surface area (Å²) in [6.07, 6.45) is 4.52. The van der Waals surface area contributed by atoms with E-state index in [2.05, 4.69) is 5.32 Å². The van der Waals surface area contributed by atoms with E-state index in [1.807, 2.05) is 0 Å². The van der Waals surface area contributed by atoms with Crippen molar-refractivity contribution < 1.29 is 14.7 Å². The third-order valence-corrected chi connectivity index (χ3v) is 4.35. The lowest BCUT2D eigenvalue weighted by atomic mass is 9.87. The van der Waals surface area contributed by atoms with Gasteiger partial charge in [-0.1, -0.05) is 12.8 Å². The summed E-state index contributed by atoms with van der Waals surface area (Å²) in [6, 6.07) is 0. The Morgan fingerprint density at radius 1 is 1.50 bits per heavy atom. The molecule has 2 amide bonds. The summed E-state index contributed by atoms with van der Waals surface area (Å²) < 4.78 is 0. The van der Waals surface area contributed by atoms with E-state index >= 15 is 0 Å². The van der Waals surface area contributed by atoms with Gasteiger partial charge < -0.3 is 15.3 Å². The Balaban J connectivity index is 1.83. The molecular formula is C13H22N2O3. The van der Waals surface area contributed by atoms with Crippen molar-refractivity contribution in [3.63, 3.8) is 0 Å². The van der Waals surface area contributed by atoms with Crippen molar-refractivity contribution in [2.45, 2.75) is 32.1 Å². The number of hydrogen-bond donors (Lipinski definition) is 2. The zero-order chi connectivity index (χ0) is 13.2. The van der Waals surface area contributed by atoms with Crippen LogP contribution in [0.25, 0.3) is 0 Å². The van der Waals surface area contributed by atoms with Crippen molar-refractivity contribution in [2.24, 2.45) is 11.3 Å². The molecule has 0 aromatic carbocycles. The average molecular weight is 254 g/mol. The lowest BCUT2D eigenvalue weighted by molar-refractivity contribution is -0.128. The Hall–Kier alpha value is -1.10. The highest BCUT2D eigenvalue weighted by atomic mass is 16.3. The molecule has 2 fully saturated rings. The number of rotatable bonds is 4. The number of aliphatic hydroxyl groups excluding tert-OH is 1. The van der Waals surface area contributed by atoms with Crippen LogP contribution in [-0.2, 0) is 9.59 Å². The lowest BCUT2D eigenvalue weighted by Gasteiger charge is -2.27. The Bertz CT molecular complexity index is 337. The fourth-order valence-electron chi connectivity index (χ4n) is 2.97. The molecule has 18 heavy (non-hydrogen) atoms. The molecule has 1 saturated carbocycles. The molecule has 2 rings (SSSR count). The molecule has 102 valence electrons. The molecule has 0 radical (unpaired) electrons. The molecule has 0 spiro atoms. The van der Waals surface area contributed by atoms with Crippen LogP contribution in [0, 0.1) is 11.3 Å². The van der Waals surface area contributed by atoms with Gasteiger partial charge in [0.1, 0.15) is 0 Å². The molecule has 5 heteroatoms. The Labute approximate surface area is 108 Å².